The second-order valence-electron chi connectivity index (χ2n) is 6.12. The van der Waals surface area contributed by atoms with Gasteiger partial charge in [-0.3, -0.25) is 13.8 Å². The number of hydrogen-bond donors (Lipinski definition) is 0. The summed E-state index contributed by atoms with van der Waals surface area (Å²) < 4.78 is 3.59. The summed E-state index contributed by atoms with van der Waals surface area (Å²) in [6, 6.07) is 17.7. The van der Waals surface area contributed by atoms with Crippen molar-refractivity contribution in [1.29, 1.82) is 0 Å². The summed E-state index contributed by atoms with van der Waals surface area (Å²) >= 11 is 0. The molecular weight excluding hydrogens is 312 g/mol. The van der Waals surface area contributed by atoms with Crippen LogP contribution in [0.15, 0.2) is 71.8 Å². The molecule has 0 amide bonds. The van der Waals surface area contributed by atoms with Crippen LogP contribution >= 0.6 is 0 Å². The number of aromatic nitrogens is 4. The number of hydrogen-bond acceptors (Lipinski definition) is 3. The van der Waals surface area contributed by atoms with E-state index in [-0.39, 0.29) is 5.56 Å². The van der Waals surface area contributed by atoms with Gasteiger partial charge >= 0.3 is 0 Å². The Hall–Kier alpha value is -3.47. The quantitative estimate of drug-likeness (QED) is 0.474. The Kier molecular flexibility index (Phi) is 2.79. The van der Waals surface area contributed by atoms with Crippen molar-refractivity contribution in [2.45, 2.75) is 6.92 Å². The summed E-state index contributed by atoms with van der Waals surface area (Å²) in [7, 11) is 0. The molecule has 2 aromatic carbocycles. The summed E-state index contributed by atoms with van der Waals surface area (Å²) in [5, 5.41) is 0.569. The normalized spacial score (nSPS) is 11.6. The number of pyridine rings is 1. The molecule has 0 aliphatic heterocycles. The number of fused-ring (bicyclic) bond motifs is 5. The van der Waals surface area contributed by atoms with Crippen LogP contribution in [0.25, 0.3) is 33.4 Å². The van der Waals surface area contributed by atoms with E-state index >= 15 is 0 Å². The van der Waals surface area contributed by atoms with E-state index in [1.54, 1.807) is 10.8 Å². The topological polar surface area (TPSA) is 52.2 Å². The summed E-state index contributed by atoms with van der Waals surface area (Å²) in [5.74, 6) is 0.599. The molecule has 0 aliphatic rings. The lowest BCUT2D eigenvalue weighted by Crippen LogP contribution is -2.18. The Balaban J connectivity index is 1.89. The third-order valence-corrected chi connectivity index (χ3v) is 4.48. The van der Waals surface area contributed by atoms with Crippen molar-refractivity contribution in [2.75, 3.05) is 0 Å². The van der Waals surface area contributed by atoms with E-state index in [0.717, 1.165) is 27.8 Å². The van der Waals surface area contributed by atoms with Gasteiger partial charge in [0, 0.05) is 18.1 Å². The van der Waals surface area contributed by atoms with Gasteiger partial charge in [0.1, 0.15) is 0 Å². The molecule has 5 nitrogen and oxygen atoms in total. The highest BCUT2D eigenvalue weighted by Crippen LogP contribution is 2.20. The van der Waals surface area contributed by atoms with E-state index in [1.807, 2.05) is 72.1 Å². The summed E-state index contributed by atoms with van der Waals surface area (Å²) in [5.41, 5.74) is 4.50. The minimum absolute atomic E-state index is 0.0877. The van der Waals surface area contributed by atoms with Crippen LogP contribution in [-0.4, -0.2) is 18.9 Å². The van der Waals surface area contributed by atoms with Crippen molar-refractivity contribution in [3.8, 4) is 5.69 Å². The predicted molar refractivity (Wildman–Crippen MR) is 98.3 cm³/mol. The highest BCUT2D eigenvalue weighted by atomic mass is 16.1. The zero-order valence-electron chi connectivity index (χ0n) is 13.5. The molecule has 120 valence electrons. The van der Waals surface area contributed by atoms with Gasteiger partial charge < -0.3 is 0 Å². The average molecular weight is 326 g/mol. The Morgan fingerprint density at radius 1 is 0.960 bits per heavy atom. The van der Waals surface area contributed by atoms with Crippen LogP contribution in [0.2, 0.25) is 0 Å². The van der Waals surface area contributed by atoms with Gasteiger partial charge in [-0.1, -0.05) is 24.3 Å². The standard InChI is InChI=1S/C20H14N4O/c1-13-5-4-6-14(11-13)23-10-9-17-15(19(23)25)12-21-20-22-16-7-2-3-8-18(16)24(17)20/h2-12H,1H3. The first-order valence-electron chi connectivity index (χ1n) is 8.07. The largest absolute Gasteiger partial charge is 0.284 e. The van der Waals surface area contributed by atoms with Gasteiger partial charge in [-0.25, -0.2) is 9.97 Å². The summed E-state index contributed by atoms with van der Waals surface area (Å²) in [6.45, 7) is 2.01. The monoisotopic (exact) mass is 326 g/mol. The molecule has 5 rings (SSSR count). The van der Waals surface area contributed by atoms with E-state index in [2.05, 4.69) is 9.97 Å². The lowest BCUT2D eigenvalue weighted by atomic mass is 10.2. The zero-order chi connectivity index (χ0) is 17.0. The first-order valence-corrected chi connectivity index (χ1v) is 8.07. The van der Waals surface area contributed by atoms with Crippen molar-refractivity contribution >= 4 is 27.7 Å². The molecule has 3 aromatic heterocycles. The molecule has 0 saturated heterocycles. The molecule has 5 aromatic rings. The lowest BCUT2D eigenvalue weighted by Gasteiger charge is -2.09. The number of nitrogens with zero attached hydrogens (tertiary/aromatic N) is 4. The number of rotatable bonds is 1. The van der Waals surface area contributed by atoms with Crippen LogP contribution in [0.5, 0.6) is 0 Å². The Morgan fingerprint density at radius 2 is 1.84 bits per heavy atom. The number of aryl methyl sites for hydroxylation is 1. The van der Waals surface area contributed by atoms with Gasteiger partial charge in [-0.15, -0.1) is 0 Å². The molecule has 0 fully saturated rings. The minimum Gasteiger partial charge on any atom is -0.284 e. The van der Waals surface area contributed by atoms with Crippen LogP contribution in [0.1, 0.15) is 5.56 Å². The molecule has 0 saturated carbocycles. The molecule has 0 bridgehead atoms. The molecule has 25 heavy (non-hydrogen) atoms. The highest BCUT2D eigenvalue weighted by molar-refractivity contribution is 5.88. The number of imidazole rings is 1. The van der Waals surface area contributed by atoms with Gasteiger partial charge in [-0.2, -0.15) is 0 Å². The van der Waals surface area contributed by atoms with Gasteiger partial charge in [0.2, 0.25) is 5.78 Å². The fraction of sp³-hybridized carbons (Fsp3) is 0.0500. The Labute approximate surface area is 142 Å². The predicted octanol–water partition coefficient (Wildman–Crippen LogP) is 3.50. The summed E-state index contributed by atoms with van der Waals surface area (Å²) in [6.07, 6.45) is 3.43. The maximum absolute atomic E-state index is 13.0. The van der Waals surface area contributed by atoms with Gasteiger partial charge in [0.05, 0.1) is 21.9 Å². The van der Waals surface area contributed by atoms with Gasteiger partial charge in [0.25, 0.3) is 5.56 Å². The summed E-state index contributed by atoms with van der Waals surface area (Å²) in [4.78, 5) is 22.0. The maximum atomic E-state index is 13.0. The molecular formula is C20H14N4O. The van der Waals surface area contributed by atoms with Crippen LogP contribution < -0.4 is 5.56 Å². The SMILES string of the molecule is Cc1cccc(-n2ccc3c(cnc4nc5ccccc5n43)c2=O)c1. The third kappa shape index (κ3) is 1.99. The molecule has 5 heteroatoms. The second-order valence-corrected chi connectivity index (χ2v) is 6.12. The molecule has 0 atom stereocenters. The third-order valence-electron chi connectivity index (χ3n) is 4.48. The number of para-hydroxylation sites is 2. The molecule has 0 unspecified atom stereocenters. The van der Waals surface area contributed by atoms with E-state index < -0.39 is 0 Å². The van der Waals surface area contributed by atoms with E-state index in [0.29, 0.717) is 11.2 Å². The van der Waals surface area contributed by atoms with Crippen LogP contribution in [-0.2, 0) is 0 Å². The second kappa shape index (κ2) is 5.01. The average Bonchev–Trinajstić information content (AvgIpc) is 3.01. The molecule has 0 N–H and O–H groups in total. The minimum atomic E-state index is -0.0877. The van der Waals surface area contributed by atoms with Crippen molar-refractivity contribution in [2.24, 2.45) is 0 Å². The van der Waals surface area contributed by atoms with Crippen molar-refractivity contribution in [1.82, 2.24) is 18.9 Å². The fourth-order valence-corrected chi connectivity index (χ4v) is 3.30. The number of benzene rings is 2. The molecule has 0 radical (unpaired) electrons. The molecule has 0 spiro atoms. The van der Waals surface area contributed by atoms with Crippen LogP contribution in [0, 0.1) is 6.92 Å². The van der Waals surface area contributed by atoms with E-state index in [4.69, 9.17) is 0 Å². The molecule has 0 aliphatic carbocycles. The highest BCUT2D eigenvalue weighted by Gasteiger charge is 2.12. The van der Waals surface area contributed by atoms with E-state index in [1.165, 1.54) is 0 Å². The van der Waals surface area contributed by atoms with E-state index in [9.17, 15) is 4.79 Å². The van der Waals surface area contributed by atoms with Crippen LogP contribution in [0.3, 0.4) is 0 Å². The zero-order valence-corrected chi connectivity index (χ0v) is 13.5. The maximum Gasteiger partial charge on any atom is 0.266 e. The fourth-order valence-electron chi connectivity index (χ4n) is 3.30. The van der Waals surface area contributed by atoms with Crippen molar-refractivity contribution < 1.29 is 0 Å². The van der Waals surface area contributed by atoms with Gasteiger partial charge in [-0.05, 0) is 42.8 Å². The lowest BCUT2D eigenvalue weighted by molar-refractivity contribution is 0.997. The first kappa shape index (κ1) is 13.9. The Bertz CT molecular complexity index is 1330. The molecule has 3 heterocycles. The van der Waals surface area contributed by atoms with Crippen LogP contribution in [0.4, 0.5) is 0 Å². The first-order chi connectivity index (χ1) is 12.2. The van der Waals surface area contributed by atoms with Crippen molar-refractivity contribution in [3.05, 3.63) is 82.9 Å². The van der Waals surface area contributed by atoms with Gasteiger partial charge in [0.15, 0.2) is 0 Å². The Morgan fingerprint density at radius 3 is 2.72 bits per heavy atom. The van der Waals surface area contributed by atoms with Crippen molar-refractivity contribution in [3.63, 3.8) is 0 Å². The smallest absolute Gasteiger partial charge is 0.266 e.